The number of hydrogen-bond donors (Lipinski definition) is 0. The van der Waals surface area contributed by atoms with Crippen LogP contribution in [0.2, 0.25) is 0 Å². The molecule has 0 heterocycles. The Bertz CT molecular complexity index is 880. The van der Waals surface area contributed by atoms with Crippen molar-refractivity contribution in [1.29, 1.82) is 0 Å². The maximum Gasteiger partial charge on any atom is 0.308 e. The van der Waals surface area contributed by atoms with Crippen LogP contribution in [0.25, 0.3) is 0 Å². The molecule has 0 bridgehead atoms. The predicted molar refractivity (Wildman–Crippen MR) is 106 cm³/mol. The van der Waals surface area contributed by atoms with Gasteiger partial charge in [-0.2, -0.15) is 8.42 Å². The van der Waals surface area contributed by atoms with Gasteiger partial charge in [0.05, 0.1) is 19.5 Å². The van der Waals surface area contributed by atoms with E-state index in [1.807, 2.05) is 6.07 Å². The van der Waals surface area contributed by atoms with Crippen molar-refractivity contribution in [2.45, 2.75) is 13.5 Å². The summed E-state index contributed by atoms with van der Waals surface area (Å²) in [7, 11) is -0.476. The van der Waals surface area contributed by atoms with Crippen molar-refractivity contribution in [3.05, 3.63) is 59.7 Å². The predicted octanol–water partition coefficient (Wildman–Crippen LogP) is 2.71. The molecule has 0 aliphatic rings. The van der Waals surface area contributed by atoms with E-state index in [9.17, 15) is 13.2 Å². The molecule has 0 aromatic heterocycles. The lowest BCUT2D eigenvalue weighted by molar-refractivity contribution is 0.0680. The van der Waals surface area contributed by atoms with E-state index >= 15 is 0 Å². The zero-order valence-corrected chi connectivity index (χ0v) is 17.1. The molecular formula is C20H25NO6S. The van der Waals surface area contributed by atoms with Gasteiger partial charge in [0.2, 0.25) is 0 Å². The smallest absolute Gasteiger partial charge is 0.308 e. The molecule has 0 fully saturated rings. The Hall–Kier alpha value is -2.58. The molecule has 0 saturated heterocycles. The van der Waals surface area contributed by atoms with E-state index in [1.165, 1.54) is 6.92 Å². The molecule has 0 saturated carbocycles. The minimum Gasteiger partial charge on any atom is -0.497 e. The van der Waals surface area contributed by atoms with Crippen LogP contribution in [0, 0.1) is 0 Å². The summed E-state index contributed by atoms with van der Waals surface area (Å²) in [6.07, 6.45) is 0. The fourth-order valence-electron chi connectivity index (χ4n) is 2.49. The quantitative estimate of drug-likeness (QED) is 0.563. The van der Waals surface area contributed by atoms with Gasteiger partial charge >= 0.3 is 10.1 Å². The Morgan fingerprint density at radius 2 is 1.75 bits per heavy atom. The van der Waals surface area contributed by atoms with Gasteiger partial charge in [-0.1, -0.05) is 12.1 Å². The van der Waals surface area contributed by atoms with Gasteiger partial charge in [0, 0.05) is 25.8 Å². The maximum absolute atomic E-state index is 12.9. The van der Waals surface area contributed by atoms with E-state index in [2.05, 4.69) is 0 Å². The lowest BCUT2D eigenvalue weighted by Gasteiger charge is -2.23. The zero-order chi connectivity index (χ0) is 20.6. The molecule has 28 heavy (non-hydrogen) atoms. The third-order valence-corrected chi connectivity index (χ3v) is 5.19. The van der Waals surface area contributed by atoms with Crippen molar-refractivity contribution < 1.29 is 26.9 Å². The van der Waals surface area contributed by atoms with Crippen LogP contribution >= 0.6 is 0 Å². The first-order chi connectivity index (χ1) is 13.4. The van der Waals surface area contributed by atoms with Crippen molar-refractivity contribution in [1.82, 2.24) is 4.90 Å². The highest BCUT2D eigenvalue weighted by Crippen LogP contribution is 2.19. The molecule has 0 aliphatic heterocycles. The largest absolute Gasteiger partial charge is 0.497 e. The molecule has 152 valence electrons. The molecule has 7 nitrogen and oxygen atoms in total. The van der Waals surface area contributed by atoms with E-state index in [-0.39, 0.29) is 24.0 Å². The number of carbonyl (C=O) groups excluding carboxylic acids is 1. The van der Waals surface area contributed by atoms with Crippen molar-refractivity contribution >= 4 is 16.0 Å². The van der Waals surface area contributed by atoms with Gasteiger partial charge in [0.15, 0.2) is 0 Å². The SMILES string of the molecule is CCS(=O)(=O)Oc1cccc(CN(CCOC)C(=O)c2ccc(OC)cc2)c1. The third-order valence-electron chi connectivity index (χ3n) is 4.04. The molecule has 0 aliphatic carbocycles. The molecule has 0 atom stereocenters. The minimum absolute atomic E-state index is 0.118. The number of rotatable bonds is 10. The number of amides is 1. The van der Waals surface area contributed by atoms with Crippen LogP contribution in [-0.2, 0) is 21.4 Å². The van der Waals surface area contributed by atoms with Crippen LogP contribution in [0.3, 0.4) is 0 Å². The van der Waals surface area contributed by atoms with Crippen LogP contribution in [0.5, 0.6) is 11.5 Å². The second kappa shape index (κ2) is 10.1. The van der Waals surface area contributed by atoms with Crippen molar-refractivity contribution in [3.63, 3.8) is 0 Å². The highest BCUT2D eigenvalue weighted by atomic mass is 32.2. The van der Waals surface area contributed by atoms with Crippen LogP contribution in [0.4, 0.5) is 0 Å². The lowest BCUT2D eigenvalue weighted by Crippen LogP contribution is -2.33. The molecule has 1 amide bonds. The van der Waals surface area contributed by atoms with Crippen molar-refractivity contribution in [2.75, 3.05) is 33.1 Å². The molecule has 0 radical (unpaired) electrons. The summed E-state index contributed by atoms with van der Waals surface area (Å²) in [6, 6.07) is 13.6. The normalized spacial score (nSPS) is 11.1. The van der Waals surface area contributed by atoms with E-state index in [4.69, 9.17) is 13.7 Å². The van der Waals surface area contributed by atoms with Gasteiger partial charge in [-0.3, -0.25) is 4.79 Å². The molecule has 2 aromatic rings. The standard InChI is InChI=1S/C20H25NO6S/c1-4-28(23,24)27-19-7-5-6-16(14-19)15-21(12-13-25-2)20(22)17-8-10-18(26-3)11-9-17/h5-11,14H,4,12-13,15H2,1-3H3. The van der Waals surface area contributed by atoms with E-state index in [0.29, 0.717) is 24.5 Å². The summed E-state index contributed by atoms with van der Waals surface area (Å²) < 4.78 is 38.6. The van der Waals surface area contributed by atoms with Crippen molar-refractivity contribution in [3.8, 4) is 11.5 Å². The Balaban J connectivity index is 2.20. The Morgan fingerprint density at radius 1 is 1.04 bits per heavy atom. The number of methoxy groups -OCH3 is 2. The van der Waals surface area contributed by atoms with E-state index in [0.717, 1.165) is 5.56 Å². The summed E-state index contributed by atoms with van der Waals surface area (Å²) in [5.41, 5.74) is 1.28. The van der Waals surface area contributed by atoms with E-state index < -0.39 is 10.1 Å². The fraction of sp³-hybridized carbons (Fsp3) is 0.350. The molecule has 0 spiro atoms. The highest BCUT2D eigenvalue weighted by molar-refractivity contribution is 7.87. The van der Waals surface area contributed by atoms with Crippen LogP contribution in [-0.4, -0.2) is 52.3 Å². The van der Waals surface area contributed by atoms with E-state index in [1.54, 1.807) is 61.6 Å². The first-order valence-electron chi connectivity index (χ1n) is 8.82. The lowest BCUT2D eigenvalue weighted by atomic mass is 10.1. The van der Waals surface area contributed by atoms with Gasteiger partial charge in [-0.05, 0) is 48.9 Å². The number of ether oxygens (including phenoxy) is 2. The summed E-state index contributed by atoms with van der Waals surface area (Å²) in [6.45, 7) is 2.57. The summed E-state index contributed by atoms with van der Waals surface area (Å²) in [5.74, 6) is 0.616. The molecule has 0 N–H and O–H groups in total. The Labute approximate surface area is 166 Å². The summed E-state index contributed by atoms with van der Waals surface area (Å²) in [5, 5.41) is 0. The number of benzene rings is 2. The fourth-order valence-corrected chi connectivity index (χ4v) is 3.01. The van der Waals surface area contributed by atoms with Crippen LogP contribution < -0.4 is 8.92 Å². The first kappa shape index (κ1) is 21.7. The summed E-state index contributed by atoms with van der Waals surface area (Å²) in [4.78, 5) is 14.6. The number of carbonyl (C=O) groups is 1. The molecule has 2 aromatic carbocycles. The molecule has 2 rings (SSSR count). The number of nitrogens with zero attached hydrogens (tertiary/aromatic N) is 1. The minimum atomic E-state index is -3.61. The number of hydrogen-bond acceptors (Lipinski definition) is 6. The van der Waals surface area contributed by atoms with Gasteiger partial charge < -0.3 is 18.6 Å². The topological polar surface area (TPSA) is 82.1 Å². The molecular weight excluding hydrogens is 382 g/mol. The highest BCUT2D eigenvalue weighted by Gasteiger charge is 2.17. The zero-order valence-electron chi connectivity index (χ0n) is 16.3. The first-order valence-corrected chi connectivity index (χ1v) is 10.4. The Morgan fingerprint density at radius 3 is 2.36 bits per heavy atom. The third kappa shape index (κ3) is 6.24. The molecule has 8 heteroatoms. The summed E-state index contributed by atoms with van der Waals surface area (Å²) >= 11 is 0. The second-order valence-corrected chi connectivity index (χ2v) is 7.88. The Kier molecular flexibility index (Phi) is 7.83. The van der Waals surface area contributed by atoms with Gasteiger partial charge in [0.25, 0.3) is 5.91 Å². The van der Waals surface area contributed by atoms with Gasteiger partial charge in [0.1, 0.15) is 11.5 Å². The van der Waals surface area contributed by atoms with Gasteiger partial charge in [-0.15, -0.1) is 0 Å². The van der Waals surface area contributed by atoms with Crippen LogP contribution in [0.15, 0.2) is 48.5 Å². The second-order valence-electron chi connectivity index (χ2n) is 6.03. The maximum atomic E-state index is 12.9. The van der Waals surface area contributed by atoms with Gasteiger partial charge in [-0.25, -0.2) is 0 Å². The monoisotopic (exact) mass is 407 g/mol. The average Bonchev–Trinajstić information content (AvgIpc) is 2.70. The van der Waals surface area contributed by atoms with Crippen molar-refractivity contribution in [2.24, 2.45) is 0 Å². The molecule has 0 unspecified atom stereocenters. The van der Waals surface area contributed by atoms with Crippen LogP contribution in [0.1, 0.15) is 22.8 Å². The average molecular weight is 407 g/mol.